The van der Waals surface area contributed by atoms with E-state index in [1.807, 2.05) is 28.9 Å². The van der Waals surface area contributed by atoms with Gasteiger partial charge in [-0.25, -0.2) is 0 Å². The van der Waals surface area contributed by atoms with E-state index in [1.165, 1.54) is 6.42 Å². The molecule has 1 aromatic heterocycles. The topological polar surface area (TPSA) is 52.7 Å². The zero-order chi connectivity index (χ0) is 16.2. The minimum absolute atomic E-state index is 0. The van der Waals surface area contributed by atoms with E-state index in [2.05, 4.69) is 5.32 Å². The van der Waals surface area contributed by atoms with Gasteiger partial charge in [0.05, 0.1) is 4.88 Å². The lowest BCUT2D eigenvalue weighted by molar-refractivity contribution is -0.132. The summed E-state index contributed by atoms with van der Waals surface area (Å²) in [5.41, 5.74) is 0. The summed E-state index contributed by atoms with van der Waals surface area (Å²) < 4.78 is 0. The standard InChI is InChI=1S/C17H25N3O2S.ClH/c1-13-2-4-15(23-13)17(22)20-10-8-19(9-11-20)16(21)5-3-14-6-7-18-12-14;/h2,4,14,18H,3,5-12H2,1H3;1H. The Morgan fingerprint density at radius 1 is 1.21 bits per heavy atom. The summed E-state index contributed by atoms with van der Waals surface area (Å²) in [4.78, 5) is 30.5. The molecule has 2 amide bonds. The van der Waals surface area contributed by atoms with E-state index in [0.29, 0.717) is 38.5 Å². The van der Waals surface area contributed by atoms with Gasteiger partial charge < -0.3 is 15.1 Å². The molecular weight excluding hydrogens is 346 g/mol. The largest absolute Gasteiger partial charge is 0.339 e. The maximum Gasteiger partial charge on any atom is 0.264 e. The van der Waals surface area contributed by atoms with Crippen LogP contribution in [0.25, 0.3) is 0 Å². The minimum Gasteiger partial charge on any atom is -0.339 e. The smallest absolute Gasteiger partial charge is 0.264 e. The molecule has 0 aromatic carbocycles. The number of carbonyl (C=O) groups excluding carboxylic acids is 2. The van der Waals surface area contributed by atoms with Crippen LogP contribution >= 0.6 is 23.7 Å². The summed E-state index contributed by atoms with van der Waals surface area (Å²) in [6, 6.07) is 3.88. The molecule has 0 radical (unpaired) electrons. The number of amides is 2. The number of nitrogens with one attached hydrogen (secondary N) is 1. The molecule has 0 bridgehead atoms. The molecule has 3 heterocycles. The summed E-state index contributed by atoms with van der Waals surface area (Å²) in [5.74, 6) is 1.01. The van der Waals surface area contributed by atoms with Crippen molar-refractivity contribution in [1.29, 1.82) is 0 Å². The number of hydrogen-bond acceptors (Lipinski definition) is 4. The van der Waals surface area contributed by atoms with E-state index in [9.17, 15) is 9.59 Å². The number of halogens is 1. The molecule has 3 rings (SSSR count). The summed E-state index contributed by atoms with van der Waals surface area (Å²) in [6.07, 6.45) is 2.82. The first-order chi connectivity index (χ1) is 11.1. The highest BCUT2D eigenvalue weighted by atomic mass is 35.5. The van der Waals surface area contributed by atoms with Crippen molar-refractivity contribution in [2.75, 3.05) is 39.3 Å². The van der Waals surface area contributed by atoms with Gasteiger partial charge in [-0.2, -0.15) is 0 Å². The van der Waals surface area contributed by atoms with E-state index in [1.54, 1.807) is 11.3 Å². The number of piperazine rings is 1. The van der Waals surface area contributed by atoms with E-state index in [-0.39, 0.29) is 24.2 Å². The third kappa shape index (κ3) is 4.71. The van der Waals surface area contributed by atoms with Crippen LogP contribution in [-0.2, 0) is 4.79 Å². The SMILES string of the molecule is Cc1ccc(C(=O)N2CCN(C(=O)CCC3CCNC3)CC2)s1.Cl. The van der Waals surface area contributed by atoms with Crippen LogP contribution in [0, 0.1) is 12.8 Å². The van der Waals surface area contributed by atoms with Crippen LogP contribution in [0.1, 0.15) is 33.8 Å². The molecule has 0 saturated carbocycles. The number of thiophene rings is 1. The van der Waals surface area contributed by atoms with Gasteiger partial charge in [-0.05, 0) is 50.9 Å². The van der Waals surface area contributed by atoms with Gasteiger partial charge >= 0.3 is 0 Å². The number of aryl methyl sites for hydroxylation is 1. The average Bonchev–Trinajstić information content (AvgIpc) is 3.23. The van der Waals surface area contributed by atoms with Gasteiger partial charge in [0.25, 0.3) is 5.91 Å². The zero-order valence-electron chi connectivity index (χ0n) is 14.1. The molecule has 1 N–H and O–H groups in total. The molecular formula is C17H26ClN3O2S. The summed E-state index contributed by atoms with van der Waals surface area (Å²) in [6.45, 7) is 6.77. The van der Waals surface area contributed by atoms with Crippen LogP contribution in [0.4, 0.5) is 0 Å². The number of rotatable bonds is 4. The van der Waals surface area contributed by atoms with Gasteiger partial charge in [0.1, 0.15) is 0 Å². The van der Waals surface area contributed by atoms with Crippen LogP contribution < -0.4 is 5.32 Å². The van der Waals surface area contributed by atoms with E-state index in [4.69, 9.17) is 0 Å². The highest BCUT2D eigenvalue weighted by molar-refractivity contribution is 7.13. The molecule has 2 fully saturated rings. The van der Waals surface area contributed by atoms with Crippen molar-refractivity contribution in [2.45, 2.75) is 26.2 Å². The summed E-state index contributed by atoms with van der Waals surface area (Å²) >= 11 is 1.54. The monoisotopic (exact) mass is 371 g/mol. The Labute approximate surface area is 153 Å². The highest BCUT2D eigenvalue weighted by Crippen LogP contribution is 2.19. The molecule has 1 aromatic rings. The summed E-state index contributed by atoms with van der Waals surface area (Å²) in [5, 5.41) is 3.34. The van der Waals surface area contributed by atoms with Crippen LogP contribution in [-0.4, -0.2) is 60.9 Å². The van der Waals surface area contributed by atoms with Gasteiger partial charge in [-0.1, -0.05) is 0 Å². The van der Waals surface area contributed by atoms with Crippen LogP contribution in [0.5, 0.6) is 0 Å². The van der Waals surface area contributed by atoms with Crippen molar-refractivity contribution in [2.24, 2.45) is 5.92 Å². The van der Waals surface area contributed by atoms with E-state index in [0.717, 1.165) is 29.3 Å². The van der Waals surface area contributed by atoms with Crippen molar-refractivity contribution in [1.82, 2.24) is 15.1 Å². The molecule has 1 atom stereocenters. The van der Waals surface area contributed by atoms with Crippen LogP contribution in [0.3, 0.4) is 0 Å². The second-order valence-corrected chi connectivity index (χ2v) is 7.77. The molecule has 5 nitrogen and oxygen atoms in total. The van der Waals surface area contributed by atoms with Crippen molar-refractivity contribution in [3.8, 4) is 0 Å². The highest BCUT2D eigenvalue weighted by Gasteiger charge is 2.26. The molecule has 24 heavy (non-hydrogen) atoms. The van der Waals surface area contributed by atoms with Crippen LogP contribution in [0.2, 0.25) is 0 Å². The Kier molecular flexibility index (Phi) is 7.07. The first kappa shape index (κ1) is 19.2. The fourth-order valence-electron chi connectivity index (χ4n) is 3.31. The number of hydrogen-bond donors (Lipinski definition) is 1. The number of nitrogens with zero attached hydrogens (tertiary/aromatic N) is 2. The zero-order valence-corrected chi connectivity index (χ0v) is 15.8. The van der Waals surface area contributed by atoms with E-state index >= 15 is 0 Å². The van der Waals surface area contributed by atoms with Gasteiger partial charge in [-0.3, -0.25) is 9.59 Å². The second kappa shape index (κ2) is 8.83. The Hall–Kier alpha value is -1.11. The fourth-order valence-corrected chi connectivity index (χ4v) is 4.15. The predicted molar refractivity (Wildman–Crippen MR) is 99.0 cm³/mol. The Morgan fingerprint density at radius 3 is 2.50 bits per heavy atom. The van der Waals surface area contributed by atoms with Gasteiger partial charge in [-0.15, -0.1) is 23.7 Å². The molecule has 2 saturated heterocycles. The van der Waals surface area contributed by atoms with Crippen molar-refractivity contribution < 1.29 is 9.59 Å². The predicted octanol–water partition coefficient (Wildman–Crippen LogP) is 2.15. The average molecular weight is 372 g/mol. The third-order valence-electron chi connectivity index (χ3n) is 4.80. The van der Waals surface area contributed by atoms with Gasteiger partial charge in [0, 0.05) is 37.5 Å². The Morgan fingerprint density at radius 2 is 1.92 bits per heavy atom. The maximum absolute atomic E-state index is 12.4. The molecule has 1 unspecified atom stereocenters. The first-order valence-corrected chi connectivity index (χ1v) is 9.29. The Bertz CT molecular complexity index is 564. The number of carbonyl (C=O) groups is 2. The lowest BCUT2D eigenvalue weighted by atomic mass is 10.0. The first-order valence-electron chi connectivity index (χ1n) is 8.47. The lowest BCUT2D eigenvalue weighted by Gasteiger charge is -2.34. The van der Waals surface area contributed by atoms with Gasteiger partial charge in [0.2, 0.25) is 5.91 Å². The molecule has 2 aliphatic rings. The maximum atomic E-state index is 12.4. The second-order valence-electron chi connectivity index (χ2n) is 6.48. The van der Waals surface area contributed by atoms with Crippen LogP contribution in [0.15, 0.2) is 12.1 Å². The van der Waals surface area contributed by atoms with Crippen molar-refractivity contribution >= 4 is 35.6 Å². The summed E-state index contributed by atoms with van der Waals surface area (Å²) in [7, 11) is 0. The molecule has 2 aliphatic heterocycles. The van der Waals surface area contributed by atoms with Gasteiger partial charge in [0.15, 0.2) is 0 Å². The minimum atomic E-state index is 0. The molecule has 0 aliphatic carbocycles. The molecule has 0 spiro atoms. The molecule has 134 valence electrons. The molecule has 7 heteroatoms. The third-order valence-corrected chi connectivity index (χ3v) is 5.79. The van der Waals surface area contributed by atoms with E-state index < -0.39 is 0 Å². The quantitative estimate of drug-likeness (QED) is 0.882. The lowest BCUT2D eigenvalue weighted by Crippen LogP contribution is -2.50. The Balaban J connectivity index is 0.00000208. The normalized spacial score (nSPS) is 20.8. The van der Waals surface area contributed by atoms with Crippen molar-refractivity contribution in [3.63, 3.8) is 0 Å². The van der Waals surface area contributed by atoms with Crippen molar-refractivity contribution in [3.05, 3.63) is 21.9 Å². The fraction of sp³-hybridized carbons (Fsp3) is 0.647.